The lowest BCUT2D eigenvalue weighted by atomic mass is 10.2. The molecule has 25 heavy (non-hydrogen) atoms. The summed E-state index contributed by atoms with van der Waals surface area (Å²) in [7, 11) is -2.43. The first kappa shape index (κ1) is 17.9. The summed E-state index contributed by atoms with van der Waals surface area (Å²) >= 11 is 0. The Morgan fingerprint density at radius 3 is 2.00 bits per heavy atom. The summed E-state index contributed by atoms with van der Waals surface area (Å²) in [4.78, 5) is 0. The molecule has 1 aliphatic rings. The van der Waals surface area contributed by atoms with E-state index >= 15 is 0 Å². The first-order valence-corrected chi connectivity index (χ1v) is 11.0. The normalized spacial score (nSPS) is 18.0. The van der Waals surface area contributed by atoms with E-state index in [1.807, 2.05) is 6.21 Å². The fourth-order valence-corrected chi connectivity index (χ4v) is 8.28. The van der Waals surface area contributed by atoms with Crippen LogP contribution in [0.4, 0.5) is 0 Å². The highest BCUT2D eigenvalue weighted by Gasteiger charge is 2.50. The van der Waals surface area contributed by atoms with Gasteiger partial charge in [-0.2, -0.15) is 5.10 Å². The Morgan fingerprint density at radius 2 is 1.56 bits per heavy atom. The number of rotatable bonds is 5. The molecule has 4 heteroatoms. The zero-order valence-corrected chi connectivity index (χ0v) is 16.4. The van der Waals surface area contributed by atoms with Crippen LogP contribution in [-0.4, -0.2) is 27.2 Å². The summed E-state index contributed by atoms with van der Waals surface area (Å²) < 4.78 is 6.91. The predicted molar refractivity (Wildman–Crippen MR) is 108 cm³/mol. The van der Waals surface area contributed by atoms with Crippen molar-refractivity contribution in [2.45, 2.75) is 44.7 Å². The molecule has 0 amide bonds. The minimum absolute atomic E-state index is 0.0215. The SMILES string of the molecule is CC(C)(C)[Si](OC[C@H]1CCC=NN1)(c1ccccc1)c1ccccc1. The van der Waals surface area contributed by atoms with Gasteiger partial charge in [-0.25, -0.2) is 0 Å². The van der Waals surface area contributed by atoms with Crippen LogP contribution < -0.4 is 15.8 Å². The van der Waals surface area contributed by atoms with Gasteiger partial charge >= 0.3 is 0 Å². The van der Waals surface area contributed by atoms with Crippen molar-refractivity contribution in [3.8, 4) is 0 Å². The molecule has 0 saturated heterocycles. The number of hydrogen-bond donors (Lipinski definition) is 1. The topological polar surface area (TPSA) is 33.6 Å². The van der Waals surface area contributed by atoms with E-state index in [1.165, 1.54) is 10.4 Å². The second-order valence-electron chi connectivity index (χ2n) is 7.69. The minimum atomic E-state index is -2.43. The number of benzene rings is 2. The Hall–Kier alpha value is -1.91. The molecule has 1 atom stereocenters. The molecule has 0 bridgehead atoms. The molecule has 3 nitrogen and oxygen atoms in total. The van der Waals surface area contributed by atoms with E-state index in [1.54, 1.807) is 0 Å². The van der Waals surface area contributed by atoms with Gasteiger partial charge in [0.2, 0.25) is 0 Å². The molecule has 0 spiro atoms. The zero-order chi connectivity index (χ0) is 17.8. The fraction of sp³-hybridized carbons (Fsp3) is 0.381. The maximum atomic E-state index is 6.91. The quantitative estimate of drug-likeness (QED) is 0.838. The van der Waals surface area contributed by atoms with Crippen LogP contribution in [0.2, 0.25) is 5.04 Å². The van der Waals surface area contributed by atoms with Crippen LogP contribution in [0.5, 0.6) is 0 Å². The van der Waals surface area contributed by atoms with Crippen LogP contribution in [0, 0.1) is 0 Å². The van der Waals surface area contributed by atoms with Gasteiger partial charge in [0.05, 0.1) is 12.6 Å². The summed E-state index contributed by atoms with van der Waals surface area (Å²) in [5.74, 6) is 0. The molecule has 0 radical (unpaired) electrons. The van der Waals surface area contributed by atoms with E-state index in [2.05, 4.69) is 92.0 Å². The van der Waals surface area contributed by atoms with E-state index in [4.69, 9.17) is 4.43 Å². The largest absolute Gasteiger partial charge is 0.405 e. The van der Waals surface area contributed by atoms with Gasteiger partial charge in [0, 0.05) is 6.21 Å². The smallest absolute Gasteiger partial charge is 0.261 e. The van der Waals surface area contributed by atoms with Gasteiger partial charge in [0.25, 0.3) is 8.32 Å². The second-order valence-corrected chi connectivity index (χ2v) is 12.0. The Kier molecular flexibility index (Phi) is 5.40. The van der Waals surface area contributed by atoms with Crippen molar-refractivity contribution in [3.63, 3.8) is 0 Å². The molecule has 1 aliphatic heterocycles. The van der Waals surface area contributed by atoms with Crippen molar-refractivity contribution in [1.82, 2.24) is 5.43 Å². The van der Waals surface area contributed by atoms with E-state index in [0.29, 0.717) is 6.61 Å². The Balaban J connectivity index is 2.03. The van der Waals surface area contributed by atoms with Crippen LogP contribution in [-0.2, 0) is 4.43 Å². The summed E-state index contributed by atoms with van der Waals surface area (Å²) in [6.07, 6.45) is 4.03. The van der Waals surface area contributed by atoms with Gasteiger partial charge in [-0.3, -0.25) is 0 Å². The van der Waals surface area contributed by atoms with Crippen LogP contribution >= 0.6 is 0 Å². The number of hydrazone groups is 1. The average Bonchev–Trinajstić information content (AvgIpc) is 2.64. The van der Waals surface area contributed by atoms with Gasteiger partial charge in [-0.15, -0.1) is 0 Å². The highest BCUT2D eigenvalue weighted by atomic mass is 28.4. The molecule has 1 heterocycles. The van der Waals surface area contributed by atoms with Gasteiger partial charge in [-0.1, -0.05) is 81.4 Å². The molecule has 0 fully saturated rings. The van der Waals surface area contributed by atoms with Gasteiger partial charge in [-0.05, 0) is 28.3 Å². The summed E-state index contributed by atoms with van der Waals surface area (Å²) in [5.41, 5.74) is 3.21. The number of nitrogens with one attached hydrogen (secondary N) is 1. The highest BCUT2D eigenvalue weighted by Crippen LogP contribution is 2.36. The molecule has 2 aromatic carbocycles. The van der Waals surface area contributed by atoms with E-state index in [9.17, 15) is 0 Å². The third-order valence-electron chi connectivity index (χ3n) is 4.91. The summed E-state index contributed by atoms with van der Waals surface area (Å²) in [6, 6.07) is 21.9. The first-order chi connectivity index (χ1) is 12.0. The molecular formula is C21H28N2OSi. The summed E-state index contributed by atoms with van der Waals surface area (Å²) in [5, 5.41) is 6.90. The molecule has 3 rings (SSSR count). The van der Waals surface area contributed by atoms with Crippen LogP contribution in [0.3, 0.4) is 0 Å². The first-order valence-electron chi connectivity index (χ1n) is 9.06. The molecule has 0 aromatic heterocycles. The Morgan fingerprint density at radius 1 is 1.00 bits per heavy atom. The Bertz CT molecular complexity index is 655. The zero-order valence-electron chi connectivity index (χ0n) is 15.4. The van der Waals surface area contributed by atoms with Crippen molar-refractivity contribution < 1.29 is 4.43 Å². The van der Waals surface area contributed by atoms with Crippen molar-refractivity contribution in [3.05, 3.63) is 60.7 Å². The highest BCUT2D eigenvalue weighted by molar-refractivity contribution is 6.99. The van der Waals surface area contributed by atoms with E-state index in [0.717, 1.165) is 12.8 Å². The van der Waals surface area contributed by atoms with Gasteiger partial charge < -0.3 is 9.85 Å². The van der Waals surface area contributed by atoms with Crippen LogP contribution in [0.1, 0.15) is 33.6 Å². The van der Waals surface area contributed by atoms with Gasteiger partial charge in [0.1, 0.15) is 0 Å². The molecular weight excluding hydrogens is 324 g/mol. The third-order valence-corrected chi connectivity index (χ3v) is 9.92. The number of nitrogens with zero attached hydrogens (tertiary/aromatic N) is 1. The third kappa shape index (κ3) is 3.70. The summed E-state index contributed by atoms with van der Waals surface area (Å²) in [6.45, 7) is 7.62. The van der Waals surface area contributed by atoms with E-state index < -0.39 is 8.32 Å². The predicted octanol–water partition coefficient (Wildman–Crippen LogP) is 3.30. The molecule has 0 saturated carbocycles. The monoisotopic (exact) mass is 352 g/mol. The standard InChI is InChI=1S/C21H28N2OSi/c1-21(2,3)25(19-12-6-4-7-13-19,20-14-8-5-9-15-20)24-17-18-11-10-16-22-23-18/h4-9,12-16,18,23H,10-11,17H2,1-3H3/t18-/m1/s1. The Labute approximate surface area is 152 Å². The molecule has 1 N–H and O–H groups in total. The molecule has 0 unspecified atom stereocenters. The van der Waals surface area contributed by atoms with Crippen molar-refractivity contribution in [2.24, 2.45) is 5.10 Å². The fourth-order valence-electron chi connectivity index (χ4n) is 3.67. The van der Waals surface area contributed by atoms with Crippen molar-refractivity contribution in [1.29, 1.82) is 0 Å². The van der Waals surface area contributed by atoms with Crippen molar-refractivity contribution in [2.75, 3.05) is 6.61 Å². The van der Waals surface area contributed by atoms with E-state index in [-0.39, 0.29) is 11.1 Å². The maximum absolute atomic E-state index is 6.91. The second kappa shape index (κ2) is 7.54. The van der Waals surface area contributed by atoms with Gasteiger partial charge in [0.15, 0.2) is 0 Å². The van der Waals surface area contributed by atoms with Crippen molar-refractivity contribution >= 4 is 24.9 Å². The molecule has 132 valence electrons. The lowest BCUT2D eigenvalue weighted by Crippen LogP contribution is -2.67. The van der Waals surface area contributed by atoms with Crippen LogP contribution in [0.25, 0.3) is 0 Å². The molecule has 0 aliphatic carbocycles. The lowest BCUT2D eigenvalue weighted by Gasteiger charge is -2.43. The average molecular weight is 353 g/mol. The minimum Gasteiger partial charge on any atom is -0.405 e. The molecule has 2 aromatic rings. The van der Waals surface area contributed by atoms with Crippen LogP contribution in [0.15, 0.2) is 65.8 Å². The lowest BCUT2D eigenvalue weighted by molar-refractivity contribution is 0.243. The maximum Gasteiger partial charge on any atom is 0.261 e. The number of hydrogen-bond acceptors (Lipinski definition) is 3.